The summed E-state index contributed by atoms with van der Waals surface area (Å²) in [7, 11) is -3.80. The highest BCUT2D eigenvalue weighted by Gasteiger charge is 2.20. The Morgan fingerprint density at radius 1 is 0.969 bits per heavy atom. The molecule has 0 unspecified atom stereocenters. The van der Waals surface area contributed by atoms with E-state index in [1.807, 2.05) is 13.0 Å². The van der Waals surface area contributed by atoms with Gasteiger partial charge in [0.25, 0.3) is 10.0 Å². The average Bonchev–Trinajstić information content (AvgIpc) is 3.46. The van der Waals surface area contributed by atoms with Crippen LogP contribution < -0.4 is 14.9 Å². The molecule has 2 N–H and O–H groups in total. The summed E-state index contributed by atoms with van der Waals surface area (Å²) in [5.74, 6) is 1.44. The molecule has 164 valence electrons. The largest absolute Gasteiger partial charge is 0.356 e. The summed E-state index contributed by atoms with van der Waals surface area (Å²) in [4.78, 5) is 11.5. The molecule has 0 atom stereocenters. The van der Waals surface area contributed by atoms with E-state index >= 15 is 0 Å². The lowest BCUT2D eigenvalue weighted by molar-refractivity contribution is 0.602. The normalized spacial score (nSPS) is 14.1. The summed E-state index contributed by atoms with van der Waals surface area (Å²) in [6, 6.07) is 13.9. The second kappa shape index (κ2) is 8.32. The van der Waals surface area contributed by atoms with Gasteiger partial charge in [0, 0.05) is 36.2 Å². The number of nitrogens with zero attached hydrogens (tertiary/aromatic N) is 5. The van der Waals surface area contributed by atoms with E-state index in [2.05, 4.69) is 33.7 Å². The van der Waals surface area contributed by atoms with Crippen LogP contribution in [0.15, 0.2) is 53.4 Å². The van der Waals surface area contributed by atoms with Gasteiger partial charge in [-0.15, -0.1) is 0 Å². The molecular weight excluding hydrogens is 446 g/mol. The quantitative estimate of drug-likeness (QED) is 0.438. The first-order valence-corrected chi connectivity index (χ1v) is 12.4. The minimum atomic E-state index is -3.80. The van der Waals surface area contributed by atoms with Crippen LogP contribution in [0.2, 0.25) is 0 Å². The standard InChI is InChI=1S/C21H21N7O2S2/c1-14-13-19(28-11-2-3-12-28)24-21(22-14)23-15-7-9-16(10-8-15)27-32(29,30)18-6-4-5-17-20(18)26-31-25-17/h4-10,13,27H,2-3,11-12H2,1H3,(H,22,23,24). The van der Waals surface area contributed by atoms with Crippen LogP contribution in [0.1, 0.15) is 18.5 Å². The summed E-state index contributed by atoms with van der Waals surface area (Å²) in [6.07, 6.45) is 2.35. The van der Waals surface area contributed by atoms with Crippen molar-refractivity contribution in [3.05, 3.63) is 54.2 Å². The highest BCUT2D eigenvalue weighted by Crippen LogP contribution is 2.25. The van der Waals surface area contributed by atoms with Crippen LogP contribution in [0.4, 0.5) is 23.1 Å². The van der Waals surface area contributed by atoms with Gasteiger partial charge in [-0.1, -0.05) is 6.07 Å². The number of rotatable bonds is 6. The van der Waals surface area contributed by atoms with Crippen LogP contribution in [0.3, 0.4) is 0 Å². The molecule has 5 rings (SSSR count). The van der Waals surface area contributed by atoms with Crippen LogP contribution >= 0.6 is 11.7 Å². The van der Waals surface area contributed by atoms with Crippen LogP contribution in [-0.2, 0) is 10.0 Å². The molecule has 2 aromatic heterocycles. The van der Waals surface area contributed by atoms with Crippen LogP contribution in [0.25, 0.3) is 11.0 Å². The predicted molar refractivity (Wildman–Crippen MR) is 126 cm³/mol. The van der Waals surface area contributed by atoms with E-state index in [-0.39, 0.29) is 4.90 Å². The van der Waals surface area contributed by atoms with Crippen LogP contribution in [0, 0.1) is 6.92 Å². The third kappa shape index (κ3) is 4.21. The highest BCUT2D eigenvalue weighted by molar-refractivity contribution is 7.93. The summed E-state index contributed by atoms with van der Waals surface area (Å²) in [6.45, 7) is 3.97. The average molecular weight is 468 g/mol. The first-order valence-electron chi connectivity index (χ1n) is 10.2. The molecule has 1 saturated heterocycles. The lowest BCUT2D eigenvalue weighted by atomic mass is 10.3. The second-order valence-corrected chi connectivity index (χ2v) is 9.76. The van der Waals surface area contributed by atoms with Crippen LogP contribution in [-0.4, -0.2) is 40.2 Å². The molecule has 9 nitrogen and oxygen atoms in total. The van der Waals surface area contributed by atoms with Gasteiger partial charge in [-0.05, 0) is 56.2 Å². The summed E-state index contributed by atoms with van der Waals surface area (Å²) in [5, 5.41) is 3.21. The number of nitrogens with one attached hydrogen (secondary N) is 2. The maximum absolute atomic E-state index is 12.9. The zero-order valence-corrected chi connectivity index (χ0v) is 18.9. The minimum absolute atomic E-state index is 0.105. The number of anilines is 4. The van der Waals surface area contributed by atoms with Crippen LogP contribution in [0.5, 0.6) is 0 Å². The van der Waals surface area contributed by atoms with E-state index in [1.165, 1.54) is 18.9 Å². The van der Waals surface area contributed by atoms with Gasteiger partial charge in [-0.3, -0.25) is 4.72 Å². The third-order valence-electron chi connectivity index (χ3n) is 5.20. The Bertz CT molecular complexity index is 1360. The first kappa shape index (κ1) is 20.6. The van der Waals surface area contributed by atoms with Crippen molar-refractivity contribution in [2.75, 3.05) is 28.0 Å². The molecule has 32 heavy (non-hydrogen) atoms. The number of sulfonamides is 1. The molecule has 1 fully saturated rings. The predicted octanol–water partition coefficient (Wildman–Crippen LogP) is 3.93. The Balaban J connectivity index is 1.33. The third-order valence-corrected chi connectivity index (χ3v) is 7.16. The Hall–Kier alpha value is -3.31. The number of benzene rings is 2. The summed E-state index contributed by atoms with van der Waals surface area (Å²) < 4.78 is 36.6. The molecule has 2 aromatic carbocycles. The fourth-order valence-corrected chi connectivity index (χ4v) is 5.50. The van der Waals surface area contributed by atoms with Gasteiger partial charge in [0.1, 0.15) is 21.7 Å². The molecule has 0 radical (unpaired) electrons. The first-order chi connectivity index (χ1) is 15.5. The van der Waals surface area contributed by atoms with Crippen molar-refractivity contribution in [2.24, 2.45) is 0 Å². The highest BCUT2D eigenvalue weighted by atomic mass is 32.2. The van der Waals surface area contributed by atoms with E-state index in [0.29, 0.717) is 22.7 Å². The number of fused-ring (bicyclic) bond motifs is 1. The van der Waals surface area contributed by atoms with Gasteiger partial charge in [0.05, 0.1) is 11.7 Å². The van der Waals surface area contributed by atoms with Gasteiger partial charge in [-0.2, -0.15) is 13.7 Å². The molecule has 11 heteroatoms. The van der Waals surface area contributed by atoms with Gasteiger partial charge < -0.3 is 10.2 Å². The summed E-state index contributed by atoms with van der Waals surface area (Å²) >= 11 is 0.987. The maximum atomic E-state index is 12.9. The molecular formula is C21H21N7O2S2. The maximum Gasteiger partial charge on any atom is 0.264 e. The van der Waals surface area contributed by atoms with Gasteiger partial charge >= 0.3 is 0 Å². The molecule has 0 aliphatic carbocycles. The van der Waals surface area contributed by atoms with Crippen molar-refractivity contribution in [3.8, 4) is 0 Å². The number of aryl methyl sites for hydroxylation is 1. The zero-order valence-electron chi connectivity index (χ0n) is 17.3. The molecule has 1 aliphatic rings. The van der Waals surface area contributed by atoms with Crippen molar-refractivity contribution in [2.45, 2.75) is 24.7 Å². The minimum Gasteiger partial charge on any atom is -0.356 e. The Morgan fingerprint density at radius 3 is 2.50 bits per heavy atom. The van der Waals surface area contributed by atoms with E-state index < -0.39 is 10.0 Å². The number of hydrogen-bond acceptors (Lipinski definition) is 9. The Kier molecular flexibility index (Phi) is 5.35. The number of aromatic nitrogens is 4. The molecule has 0 spiro atoms. The Labute approximate surface area is 189 Å². The molecule has 0 bridgehead atoms. The fourth-order valence-electron chi connectivity index (χ4n) is 3.68. The van der Waals surface area contributed by atoms with Crippen molar-refractivity contribution < 1.29 is 8.42 Å². The van der Waals surface area contributed by atoms with Crippen molar-refractivity contribution >= 4 is 55.9 Å². The molecule has 4 aromatic rings. The zero-order chi connectivity index (χ0) is 22.1. The van der Waals surface area contributed by atoms with Gasteiger partial charge in [0.2, 0.25) is 5.95 Å². The molecule has 1 aliphatic heterocycles. The molecule has 0 amide bonds. The smallest absolute Gasteiger partial charge is 0.264 e. The van der Waals surface area contributed by atoms with E-state index in [9.17, 15) is 8.42 Å². The van der Waals surface area contributed by atoms with Crippen molar-refractivity contribution in [1.82, 2.24) is 18.7 Å². The molecule has 3 heterocycles. The fraction of sp³-hybridized carbons (Fsp3) is 0.238. The van der Waals surface area contributed by atoms with E-state index in [4.69, 9.17) is 0 Å². The van der Waals surface area contributed by atoms with E-state index in [0.717, 1.165) is 42.0 Å². The SMILES string of the molecule is Cc1cc(N2CCCC2)nc(Nc2ccc(NS(=O)(=O)c3cccc4nsnc34)cc2)n1. The lowest BCUT2D eigenvalue weighted by Gasteiger charge is -2.17. The van der Waals surface area contributed by atoms with E-state index in [1.54, 1.807) is 36.4 Å². The topological polar surface area (TPSA) is 113 Å². The Morgan fingerprint density at radius 2 is 1.72 bits per heavy atom. The van der Waals surface area contributed by atoms with Crippen molar-refractivity contribution in [3.63, 3.8) is 0 Å². The van der Waals surface area contributed by atoms with Gasteiger partial charge in [-0.25, -0.2) is 13.4 Å². The molecule has 0 saturated carbocycles. The monoisotopic (exact) mass is 467 g/mol. The summed E-state index contributed by atoms with van der Waals surface area (Å²) in [5.41, 5.74) is 3.02. The number of hydrogen-bond donors (Lipinski definition) is 2. The second-order valence-electron chi connectivity index (χ2n) is 7.58. The van der Waals surface area contributed by atoms with Gasteiger partial charge in [0.15, 0.2) is 0 Å². The van der Waals surface area contributed by atoms with Crippen molar-refractivity contribution in [1.29, 1.82) is 0 Å². The lowest BCUT2D eigenvalue weighted by Crippen LogP contribution is -2.19.